The smallest absolute Gasteiger partial charge is 0.0641 e. The van der Waals surface area contributed by atoms with E-state index in [2.05, 4.69) is 44.3 Å². The van der Waals surface area contributed by atoms with Crippen molar-refractivity contribution in [2.45, 2.75) is 65.8 Å². The lowest BCUT2D eigenvalue weighted by Gasteiger charge is -2.32. The van der Waals surface area contributed by atoms with Crippen molar-refractivity contribution in [3.05, 3.63) is 17.5 Å². The fraction of sp³-hybridized carbons (Fsp3) is 0.824. The lowest BCUT2D eigenvalue weighted by atomic mass is 9.78. The van der Waals surface area contributed by atoms with Gasteiger partial charge in [-0.15, -0.1) is 0 Å². The molecule has 0 amide bonds. The Bertz CT molecular complexity index is 427. The van der Waals surface area contributed by atoms with Crippen molar-refractivity contribution >= 4 is 0 Å². The minimum Gasteiger partial charge on any atom is -0.310 e. The van der Waals surface area contributed by atoms with Gasteiger partial charge in [0.2, 0.25) is 0 Å². The Morgan fingerprint density at radius 2 is 1.95 bits per heavy atom. The van der Waals surface area contributed by atoms with E-state index in [1.54, 1.807) is 0 Å². The van der Waals surface area contributed by atoms with Gasteiger partial charge in [-0.05, 0) is 44.4 Å². The number of aromatic nitrogens is 2. The normalized spacial score (nSPS) is 19.7. The molecular formula is C17H31N3. The molecule has 0 saturated heterocycles. The van der Waals surface area contributed by atoms with Crippen LogP contribution in [0.5, 0.6) is 0 Å². The van der Waals surface area contributed by atoms with Gasteiger partial charge in [-0.2, -0.15) is 5.10 Å². The summed E-state index contributed by atoms with van der Waals surface area (Å²) in [6, 6.07) is 0.397. The molecule has 1 aromatic heterocycles. The van der Waals surface area contributed by atoms with Crippen LogP contribution in [0.1, 0.15) is 70.2 Å². The largest absolute Gasteiger partial charge is 0.310 e. The first kappa shape index (κ1) is 15.6. The molecule has 0 spiro atoms. The Labute approximate surface area is 124 Å². The summed E-state index contributed by atoms with van der Waals surface area (Å²) >= 11 is 0. The monoisotopic (exact) mass is 277 g/mol. The molecule has 2 rings (SSSR count). The molecule has 20 heavy (non-hydrogen) atoms. The number of rotatable bonds is 6. The molecule has 1 aliphatic rings. The van der Waals surface area contributed by atoms with Gasteiger partial charge in [0.15, 0.2) is 0 Å². The number of hydrogen-bond acceptors (Lipinski definition) is 2. The summed E-state index contributed by atoms with van der Waals surface area (Å²) in [4.78, 5) is 0. The molecule has 3 heteroatoms. The second-order valence-corrected chi connectivity index (χ2v) is 7.25. The highest BCUT2D eigenvalue weighted by molar-refractivity contribution is 5.19. The van der Waals surface area contributed by atoms with Gasteiger partial charge in [-0.1, -0.05) is 26.7 Å². The van der Waals surface area contributed by atoms with E-state index in [1.807, 2.05) is 11.7 Å². The van der Waals surface area contributed by atoms with Crippen molar-refractivity contribution in [3.63, 3.8) is 0 Å². The van der Waals surface area contributed by atoms with Crippen molar-refractivity contribution in [3.8, 4) is 0 Å². The molecule has 3 nitrogen and oxygen atoms in total. The van der Waals surface area contributed by atoms with Crippen molar-refractivity contribution in [1.29, 1.82) is 0 Å². The van der Waals surface area contributed by atoms with Gasteiger partial charge in [0.05, 0.1) is 5.69 Å². The average molecular weight is 277 g/mol. The summed E-state index contributed by atoms with van der Waals surface area (Å²) in [6.07, 6.45) is 9.13. The maximum Gasteiger partial charge on any atom is 0.0641 e. The Hall–Kier alpha value is -0.830. The van der Waals surface area contributed by atoms with E-state index in [-0.39, 0.29) is 0 Å². The third kappa shape index (κ3) is 3.63. The van der Waals surface area contributed by atoms with Crippen LogP contribution in [0.3, 0.4) is 0 Å². The van der Waals surface area contributed by atoms with Gasteiger partial charge in [0.25, 0.3) is 0 Å². The van der Waals surface area contributed by atoms with E-state index in [0.29, 0.717) is 11.5 Å². The van der Waals surface area contributed by atoms with Crippen molar-refractivity contribution in [2.24, 2.45) is 18.4 Å². The molecule has 1 N–H and O–H groups in total. The highest BCUT2D eigenvalue weighted by atomic mass is 15.3. The first-order valence-electron chi connectivity index (χ1n) is 8.15. The summed E-state index contributed by atoms with van der Waals surface area (Å²) in [5, 5.41) is 8.24. The van der Waals surface area contributed by atoms with Crippen LogP contribution in [0.2, 0.25) is 0 Å². The van der Waals surface area contributed by atoms with Crippen LogP contribution in [0.15, 0.2) is 6.20 Å². The average Bonchev–Trinajstić information content (AvgIpc) is 2.93. The van der Waals surface area contributed by atoms with Crippen molar-refractivity contribution < 1.29 is 0 Å². The number of aryl methyl sites for hydroxylation is 2. The second-order valence-electron chi connectivity index (χ2n) is 7.25. The minimum atomic E-state index is 0.397. The molecule has 1 heterocycles. The maximum absolute atomic E-state index is 4.45. The third-order valence-electron chi connectivity index (χ3n) is 4.81. The lowest BCUT2D eigenvalue weighted by molar-refractivity contribution is 0.217. The zero-order chi connectivity index (χ0) is 14.8. The fourth-order valence-electron chi connectivity index (χ4n) is 3.97. The molecule has 0 aromatic carbocycles. The minimum absolute atomic E-state index is 0.397. The number of nitrogens with zero attached hydrogens (tertiary/aromatic N) is 2. The van der Waals surface area contributed by atoms with Gasteiger partial charge in [0, 0.05) is 31.4 Å². The Kier molecular flexibility index (Phi) is 4.90. The van der Waals surface area contributed by atoms with Gasteiger partial charge in [-0.3, -0.25) is 4.68 Å². The van der Waals surface area contributed by atoms with Crippen molar-refractivity contribution in [1.82, 2.24) is 15.1 Å². The van der Waals surface area contributed by atoms with E-state index in [0.717, 1.165) is 18.2 Å². The zero-order valence-corrected chi connectivity index (χ0v) is 13.9. The van der Waals surface area contributed by atoms with Gasteiger partial charge < -0.3 is 5.32 Å². The van der Waals surface area contributed by atoms with Crippen LogP contribution in [-0.2, 0) is 7.05 Å². The second kappa shape index (κ2) is 6.30. The first-order valence-corrected chi connectivity index (χ1v) is 8.15. The summed E-state index contributed by atoms with van der Waals surface area (Å²) in [5.41, 5.74) is 3.03. The van der Waals surface area contributed by atoms with Crippen LogP contribution >= 0.6 is 0 Å². The number of hydrogen-bond donors (Lipinski definition) is 1. The molecule has 114 valence electrons. The van der Waals surface area contributed by atoms with Crippen LogP contribution < -0.4 is 5.32 Å². The molecular weight excluding hydrogens is 246 g/mol. The summed E-state index contributed by atoms with van der Waals surface area (Å²) < 4.78 is 1.92. The predicted molar refractivity (Wildman–Crippen MR) is 84.7 cm³/mol. The SMILES string of the molecule is Cc1nn(C)cc1C(C)NCC1(CC(C)C)CCCC1. The van der Waals surface area contributed by atoms with Crippen LogP contribution in [0.4, 0.5) is 0 Å². The first-order chi connectivity index (χ1) is 9.42. The molecule has 1 aromatic rings. The zero-order valence-electron chi connectivity index (χ0n) is 13.9. The van der Waals surface area contributed by atoms with Crippen LogP contribution in [0, 0.1) is 18.3 Å². The van der Waals surface area contributed by atoms with E-state index in [1.165, 1.54) is 37.7 Å². The van der Waals surface area contributed by atoms with E-state index in [4.69, 9.17) is 0 Å². The van der Waals surface area contributed by atoms with Crippen LogP contribution in [0.25, 0.3) is 0 Å². The number of nitrogens with one attached hydrogen (secondary N) is 1. The predicted octanol–water partition coefficient (Wildman–Crippen LogP) is 3.99. The summed E-state index contributed by atoms with van der Waals surface area (Å²) in [7, 11) is 2.00. The standard InChI is InChI=1S/C17H31N3/c1-13(2)10-17(8-6-7-9-17)12-18-14(3)16-11-20(5)19-15(16)4/h11,13-14,18H,6-10,12H2,1-5H3. The molecule has 0 radical (unpaired) electrons. The molecule has 1 unspecified atom stereocenters. The van der Waals surface area contributed by atoms with Gasteiger partial charge in [0.1, 0.15) is 0 Å². The Morgan fingerprint density at radius 1 is 1.30 bits per heavy atom. The third-order valence-corrected chi connectivity index (χ3v) is 4.81. The molecule has 1 atom stereocenters. The quantitative estimate of drug-likeness (QED) is 0.852. The van der Waals surface area contributed by atoms with Gasteiger partial charge in [-0.25, -0.2) is 0 Å². The van der Waals surface area contributed by atoms with Crippen LogP contribution in [-0.4, -0.2) is 16.3 Å². The summed E-state index contributed by atoms with van der Waals surface area (Å²) in [6.45, 7) is 10.2. The maximum atomic E-state index is 4.45. The van der Waals surface area contributed by atoms with E-state index < -0.39 is 0 Å². The molecule has 1 aliphatic carbocycles. The van der Waals surface area contributed by atoms with Crippen molar-refractivity contribution in [2.75, 3.05) is 6.54 Å². The Morgan fingerprint density at radius 3 is 2.45 bits per heavy atom. The Balaban J connectivity index is 1.97. The highest BCUT2D eigenvalue weighted by Crippen LogP contribution is 2.43. The molecule has 0 bridgehead atoms. The topological polar surface area (TPSA) is 29.9 Å². The van der Waals surface area contributed by atoms with Gasteiger partial charge >= 0.3 is 0 Å². The van der Waals surface area contributed by atoms with E-state index in [9.17, 15) is 0 Å². The molecule has 1 saturated carbocycles. The molecule has 0 aliphatic heterocycles. The fourth-order valence-corrected chi connectivity index (χ4v) is 3.97. The van der Waals surface area contributed by atoms with E-state index >= 15 is 0 Å². The highest BCUT2D eigenvalue weighted by Gasteiger charge is 2.34. The lowest BCUT2D eigenvalue weighted by Crippen LogP contribution is -2.34. The summed E-state index contributed by atoms with van der Waals surface area (Å²) in [5.74, 6) is 0.797. The molecule has 1 fully saturated rings.